The van der Waals surface area contributed by atoms with Crippen LogP contribution in [-0.4, -0.2) is 38.6 Å². The van der Waals surface area contributed by atoms with Crippen molar-refractivity contribution in [1.82, 2.24) is 0 Å². The predicted molar refractivity (Wildman–Crippen MR) is 78.6 cm³/mol. The van der Waals surface area contributed by atoms with Crippen molar-refractivity contribution < 1.29 is 39.4 Å². The number of quaternary nitrogens is 1. The predicted octanol–water partition coefficient (Wildman–Crippen LogP) is -7.20. The molecule has 0 bridgehead atoms. The number of hydrogen-bond donors (Lipinski definition) is 3. The van der Waals surface area contributed by atoms with Crippen LogP contribution in [0, 0.1) is 0 Å². The third-order valence-corrected chi connectivity index (χ3v) is 3.27. The maximum Gasteiger partial charge on any atom is 0.273 e. The third-order valence-electron chi connectivity index (χ3n) is 3.27. The maximum atomic E-state index is 6.04. The van der Waals surface area contributed by atoms with E-state index in [1.54, 1.807) is 4.90 Å². The average Bonchev–Trinajstić information content (AvgIpc) is 2.44. The van der Waals surface area contributed by atoms with E-state index in [1.807, 2.05) is 31.2 Å². The Morgan fingerprint density at radius 3 is 2.14 bits per heavy atom. The lowest BCUT2D eigenvalue weighted by Crippen LogP contribution is -3.13. The molecule has 122 valence electrons. The number of nitrogen functional groups attached to an aromatic ring is 1. The number of likely N-dealkylation sites (N-methyl/N-ethyl adjacent to an activating group) is 1. The third kappa shape index (κ3) is 8.15. The molecule has 0 saturated heterocycles. The number of benzene rings is 1. The zero-order chi connectivity index (χ0) is 14.1. The van der Waals surface area contributed by atoms with Gasteiger partial charge in [0.05, 0.1) is 25.3 Å². The molecule has 6 heteroatoms. The molecule has 0 heterocycles. The Labute approximate surface area is 140 Å². The summed E-state index contributed by atoms with van der Waals surface area (Å²) in [5.74, 6) is 1.61. The fourth-order valence-corrected chi connectivity index (χ4v) is 1.98. The summed E-state index contributed by atoms with van der Waals surface area (Å²) in [6.07, 6.45) is 0. The summed E-state index contributed by atoms with van der Waals surface area (Å²) in [6.45, 7) is 11.4. The summed E-state index contributed by atoms with van der Waals surface area (Å²) < 4.78 is 5.41. The molecular formula is C15H27Cl2N3O. The Kier molecular flexibility index (Phi) is 13.5. The van der Waals surface area contributed by atoms with E-state index in [2.05, 4.69) is 18.8 Å². The van der Waals surface area contributed by atoms with Gasteiger partial charge in [0, 0.05) is 0 Å². The van der Waals surface area contributed by atoms with E-state index in [4.69, 9.17) is 10.5 Å². The summed E-state index contributed by atoms with van der Waals surface area (Å²) in [7, 11) is 0. The molecule has 0 aliphatic carbocycles. The molecule has 0 spiro atoms. The Bertz CT molecular complexity index is 392. The van der Waals surface area contributed by atoms with Crippen LogP contribution in [-0.2, 0) is 0 Å². The van der Waals surface area contributed by atoms with Gasteiger partial charge in [-0.1, -0.05) is 0 Å². The van der Waals surface area contributed by atoms with Crippen molar-refractivity contribution in [3.8, 4) is 5.75 Å². The molecule has 0 amide bonds. The molecule has 4 N–H and O–H groups in total. The molecule has 1 aromatic carbocycles. The van der Waals surface area contributed by atoms with Crippen LogP contribution in [0.4, 0.5) is 0 Å². The lowest BCUT2D eigenvalue weighted by Gasteiger charge is -2.12. The summed E-state index contributed by atoms with van der Waals surface area (Å²) in [5.41, 5.74) is 7.06. The Hall–Kier alpha value is -0.970. The van der Waals surface area contributed by atoms with Crippen molar-refractivity contribution in [2.45, 2.75) is 20.8 Å². The Balaban J connectivity index is 0. The lowest BCUT2D eigenvalue weighted by molar-refractivity contribution is -0.903. The van der Waals surface area contributed by atoms with E-state index in [9.17, 15) is 0 Å². The van der Waals surface area contributed by atoms with Crippen LogP contribution >= 0.6 is 0 Å². The van der Waals surface area contributed by atoms with Crippen molar-refractivity contribution in [3.63, 3.8) is 0 Å². The van der Waals surface area contributed by atoms with Gasteiger partial charge in [0.2, 0.25) is 0 Å². The zero-order valence-corrected chi connectivity index (χ0v) is 14.6. The Morgan fingerprint density at radius 1 is 1.10 bits per heavy atom. The molecule has 0 saturated carbocycles. The number of rotatable bonds is 8. The van der Waals surface area contributed by atoms with Crippen molar-refractivity contribution in [2.24, 2.45) is 5.73 Å². The van der Waals surface area contributed by atoms with Gasteiger partial charge in [0.25, 0.3) is 5.84 Å². The van der Waals surface area contributed by atoms with Crippen molar-refractivity contribution in [3.05, 3.63) is 29.8 Å². The van der Waals surface area contributed by atoms with E-state index in [1.165, 1.54) is 0 Å². The van der Waals surface area contributed by atoms with Crippen LogP contribution in [0.1, 0.15) is 26.3 Å². The smallest absolute Gasteiger partial charge is 0.273 e. The molecular weight excluding hydrogens is 309 g/mol. The topological polar surface area (TPSA) is 53.7 Å². The molecule has 0 aliphatic rings. The monoisotopic (exact) mass is 335 g/mol. The fourth-order valence-electron chi connectivity index (χ4n) is 1.98. The largest absolute Gasteiger partial charge is 1.00 e. The van der Waals surface area contributed by atoms with E-state index < -0.39 is 0 Å². The number of ether oxygens (including phenoxy) is 1. The first-order valence-electron chi connectivity index (χ1n) is 7.14. The minimum atomic E-state index is 0. The molecule has 1 rings (SSSR count). The molecule has 0 radical (unpaired) electrons. The number of nitrogens with one attached hydrogen (secondary N) is 2. The molecule has 0 atom stereocenters. The summed E-state index contributed by atoms with van der Waals surface area (Å²) in [4.78, 5) is 4.86. The molecule has 21 heavy (non-hydrogen) atoms. The second kappa shape index (κ2) is 12.7. The highest BCUT2D eigenvalue weighted by atomic mass is 35.5. The van der Waals surface area contributed by atoms with Gasteiger partial charge in [0.1, 0.15) is 18.8 Å². The highest BCUT2D eigenvalue weighted by Gasteiger charge is 2.06. The summed E-state index contributed by atoms with van der Waals surface area (Å²) in [5, 5.41) is 0. The molecule has 4 nitrogen and oxygen atoms in total. The SMILES string of the molecule is CCOc1ccc(C(N)=[NH+]CC[NH+](CC)CC)cc1.[Cl-].[Cl-]. The van der Waals surface area contributed by atoms with Gasteiger partial charge in [0.15, 0.2) is 0 Å². The summed E-state index contributed by atoms with van der Waals surface area (Å²) >= 11 is 0. The highest BCUT2D eigenvalue weighted by Crippen LogP contribution is 2.10. The van der Waals surface area contributed by atoms with Gasteiger partial charge in [-0.15, -0.1) is 0 Å². The van der Waals surface area contributed by atoms with Crippen LogP contribution in [0.15, 0.2) is 24.3 Å². The standard InChI is InChI=1S/C15H25N3O.2ClH/c1-4-18(5-2)12-11-17-15(16)13-7-9-14(10-8-13)19-6-3;;/h7-10H,4-6,11-12H2,1-3H3,(H2,16,17);2*1H. The molecule has 0 aromatic heterocycles. The summed E-state index contributed by atoms with van der Waals surface area (Å²) in [6, 6.07) is 7.86. The van der Waals surface area contributed by atoms with E-state index in [0.29, 0.717) is 6.61 Å². The second-order valence-corrected chi connectivity index (χ2v) is 4.50. The number of halogens is 2. The van der Waals surface area contributed by atoms with Gasteiger partial charge >= 0.3 is 0 Å². The van der Waals surface area contributed by atoms with Crippen molar-refractivity contribution in [1.29, 1.82) is 0 Å². The minimum absolute atomic E-state index is 0. The van der Waals surface area contributed by atoms with Crippen molar-refractivity contribution >= 4 is 5.84 Å². The van der Waals surface area contributed by atoms with Gasteiger partial charge in [-0.25, -0.2) is 0 Å². The first-order valence-corrected chi connectivity index (χ1v) is 7.14. The molecule has 0 fully saturated rings. The number of nitrogens with two attached hydrogens (primary N) is 1. The second-order valence-electron chi connectivity index (χ2n) is 4.50. The van der Waals surface area contributed by atoms with Crippen LogP contribution in [0.5, 0.6) is 5.75 Å². The quantitative estimate of drug-likeness (QED) is 0.326. The Morgan fingerprint density at radius 2 is 1.67 bits per heavy atom. The van der Waals surface area contributed by atoms with Crippen LogP contribution in [0.25, 0.3) is 0 Å². The molecule has 1 aromatic rings. The first-order chi connectivity index (χ1) is 9.21. The van der Waals surface area contributed by atoms with Crippen molar-refractivity contribution in [2.75, 3.05) is 32.8 Å². The average molecular weight is 336 g/mol. The van der Waals surface area contributed by atoms with Crippen LogP contribution in [0.2, 0.25) is 0 Å². The van der Waals surface area contributed by atoms with E-state index in [-0.39, 0.29) is 24.8 Å². The maximum absolute atomic E-state index is 6.04. The minimum Gasteiger partial charge on any atom is -1.00 e. The molecule has 0 unspecified atom stereocenters. The van der Waals surface area contributed by atoms with Gasteiger partial charge in [-0.2, -0.15) is 0 Å². The normalized spacial score (nSPS) is 10.8. The van der Waals surface area contributed by atoms with E-state index >= 15 is 0 Å². The fraction of sp³-hybridized carbons (Fsp3) is 0.533. The van der Waals surface area contributed by atoms with E-state index in [0.717, 1.165) is 43.3 Å². The number of amidine groups is 1. The lowest BCUT2D eigenvalue weighted by atomic mass is 10.2. The first kappa shape index (κ1) is 22.3. The van der Waals surface area contributed by atoms with Crippen LogP contribution in [0.3, 0.4) is 0 Å². The zero-order valence-electron chi connectivity index (χ0n) is 13.1. The van der Waals surface area contributed by atoms with Crippen LogP contribution < -0.4 is 45.2 Å². The van der Waals surface area contributed by atoms with Gasteiger partial charge < -0.3 is 34.5 Å². The van der Waals surface area contributed by atoms with Gasteiger partial charge in [-0.05, 0) is 45.0 Å². The molecule has 0 aliphatic heterocycles. The van der Waals surface area contributed by atoms with Gasteiger partial charge in [-0.3, -0.25) is 10.7 Å². The number of hydrogen-bond acceptors (Lipinski definition) is 1. The highest BCUT2D eigenvalue weighted by molar-refractivity contribution is 5.92.